The highest BCUT2D eigenvalue weighted by molar-refractivity contribution is 6.04. The number of carbonyl (C=O) groups excluding carboxylic acids is 1. The summed E-state index contributed by atoms with van der Waals surface area (Å²) in [7, 11) is 0. The highest BCUT2D eigenvalue weighted by Crippen LogP contribution is 2.15. The fourth-order valence-electron chi connectivity index (χ4n) is 1.76. The molecule has 0 aliphatic rings. The Kier molecular flexibility index (Phi) is 4.77. The van der Waals surface area contributed by atoms with E-state index in [1.165, 1.54) is 5.56 Å². The first-order valence-electron chi connectivity index (χ1n) is 6.80. The van der Waals surface area contributed by atoms with Crippen LogP contribution in [0.5, 0.6) is 5.75 Å². The molecule has 0 spiro atoms. The summed E-state index contributed by atoms with van der Waals surface area (Å²) >= 11 is 0. The van der Waals surface area contributed by atoms with Crippen LogP contribution in [0, 0.1) is 6.92 Å². The summed E-state index contributed by atoms with van der Waals surface area (Å²) in [4.78, 5) is 12.1. The van der Waals surface area contributed by atoms with Gasteiger partial charge in [0.15, 0.2) is 0 Å². The molecule has 2 aromatic rings. The molecule has 0 aliphatic carbocycles. The van der Waals surface area contributed by atoms with Gasteiger partial charge in [-0.1, -0.05) is 24.6 Å². The number of hydrogen-bond acceptors (Lipinski definition) is 2. The van der Waals surface area contributed by atoms with Gasteiger partial charge >= 0.3 is 0 Å². The Hall–Kier alpha value is -2.29. The Morgan fingerprint density at radius 2 is 1.70 bits per heavy atom. The maximum atomic E-state index is 12.1. The van der Waals surface area contributed by atoms with Crippen molar-refractivity contribution in [2.24, 2.45) is 0 Å². The van der Waals surface area contributed by atoms with Gasteiger partial charge < -0.3 is 10.1 Å². The van der Waals surface area contributed by atoms with Crippen LogP contribution < -0.4 is 10.1 Å². The standard InChI is InChI=1S/C17H19NO2/c1-3-12-20-16-10-6-14(7-11-16)17(19)18-15-8-4-13(2)5-9-15/h4-11H,3,12H2,1-2H3,(H,18,19). The predicted octanol–water partition coefficient (Wildman–Crippen LogP) is 4.04. The number of anilines is 1. The molecule has 3 heteroatoms. The molecule has 3 nitrogen and oxygen atoms in total. The van der Waals surface area contributed by atoms with Crippen LogP contribution in [0.1, 0.15) is 29.3 Å². The third-order valence-corrected chi connectivity index (χ3v) is 2.90. The van der Waals surface area contributed by atoms with E-state index in [9.17, 15) is 4.79 Å². The number of carbonyl (C=O) groups is 1. The van der Waals surface area contributed by atoms with E-state index in [4.69, 9.17) is 4.74 Å². The van der Waals surface area contributed by atoms with E-state index >= 15 is 0 Å². The highest BCUT2D eigenvalue weighted by atomic mass is 16.5. The van der Waals surface area contributed by atoms with E-state index in [2.05, 4.69) is 12.2 Å². The smallest absolute Gasteiger partial charge is 0.255 e. The van der Waals surface area contributed by atoms with Crippen molar-refractivity contribution in [2.75, 3.05) is 11.9 Å². The molecule has 2 aromatic carbocycles. The van der Waals surface area contributed by atoms with E-state index in [0.717, 1.165) is 17.9 Å². The van der Waals surface area contributed by atoms with Crippen LogP contribution >= 0.6 is 0 Å². The summed E-state index contributed by atoms with van der Waals surface area (Å²) in [6.07, 6.45) is 0.968. The van der Waals surface area contributed by atoms with Crippen molar-refractivity contribution in [1.29, 1.82) is 0 Å². The Morgan fingerprint density at radius 1 is 1.05 bits per heavy atom. The van der Waals surface area contributed by atoms with Crippen molar-refractivity contribution < 1.29 is 9.53 Å². The molecular weight excluding hydrogens is 250 g/mol. The molecule has 20 heavy (non-hydrogen) atoms. The Morgan fingerprint density at radius 3 is 2.30 bits per heavy atom. The summed E-state index contributed by atoms with van der Waals surface area (Å²) in [6.45, 7) is 4.76. The van der Waals surface area contributed by atoms with Crippen molar-refractivity contribution in [2.45, 2.75) is 20.3 Å². The van der Waals surface area contributed by atoms with Gasteiger partial charge in [0.1, 0.15) is 5.75 Å². The molecule has 0 fully saturated rings. The second kappa shape index (κ2) is 6.75. The first kappa shape index (κ1) is 14.1. The van der Waals surface area contributed by atoms with Crippen LogP contribution in [-0.2, 0) is 0 Å². The van der Waals surface area contributed by atoms with Gasteiger partial charge in [0.05, 0.1) is 6.61 Å². The molecule has 0 aromatic heterocycles. The lowest BCUT2D eigenvalue weighted by atomic mass is 10.2. The summed E-state index contributed by atoms with van der Waals surface area (Å²) < 4.78 is 5.49. The minimum atomic E-state index is -0.115. The van der Waals surface area contributed by atoms with Gasteiger partial charge in [0.2, 0.25) is 0 Å². The van der Waals surface area contributed by atoms with Crippen LogP contribution in [0.25, 0.3) is 0 Å². The molecule has 0 heterocycles. The molecule has 2 rings (SSSR count). The maximum Gasteiger partial charge on any atom is 0.255 e. The average molecular weight is 269 g/mol. The van der Waals surface area contributed by atoms with E-state index in [0.29, 0.717) is 12.2 Å². The van der Waals surface area contributed by atoms with E-state index in [1.54, 1.807) is 12.1 Å². The number of nitrogens with one attached hydrogen (secondary N) is 1. The van der Waals surface area contributed by atoms with Crippen LogP contribution in [-0.4, -0.2) is 12.5 Å². The molecular formula is C17H19NO2. The van der Waals surface area contributed by atoms with E-state index in [1.807, 2.05) is 43.3 Å². The monoisotopic (exact) mass is 269 g/mol. The SMILES string of the molecule is CCCOc1ccc(C(=O)Nc2ccc(C)cc2)cc1. The van der Waals surface area contributed by atoms with Gasteiger partial charge in [0, 0.05) is 11.3 Å². The fraction of sp³-hybridized carbons (Fsp3) is 0.235. The molecule has 0 unspecified atom stereocenters. The first-order valence-corrected chi connectivity index (χ1v) is 6.80. The third-order valence-electron chi connectivity index (χ3n) is 2.90. The van der Waals surface area contributed by atoms with Gasteiger partial charge in [-0.15, -0.1) is 0 Å². The lowest BCUT2D eigenvalue weighted by Gasteiger charge is -2.07. The predicted molar refractivity (Wildman–Crippen MR) is 81.4 cm³/mol. The summed E-state index contributed by atoms with van der Waals surface area (Å²) in [5.41, 5.74) is 2.58. The summed E-state index contributed by atoms with van der Waals surface area (Å²) in [6, 6.07) is 14.9. The van der Waals surface area contributed by atoms with Crippen LogP contribution in [0.15, 0.2) is 48.5 Å². The molecule has 0 saturated carbocycles. The van der Waals surface area contributed by atoms with Gasteiger partial charge in [-0.05, 0) is 49.7 Å². The zero-order chi connectivity index (χ0) is 14.4. The lowest BCUT2D eigenvalue weighted by molar-refractivity contribution is 0.102. The number of aryl methyl sites for hydroxylation is 1. The van der Waals surface area contributed by atoms with Crippen molar-refractivity contribution in [3.63, 3.8) is 0 Å². The van der Waals surface area contributed by atoms with Crippen molar-refractivity contribution in [3.05, 3.63) is 59.7 Å². The number of rotatable bonds is 5. The molecule has 0 atom stereocenters. The number of benzene rings is 2. The highest BCUT2D eigenvalue weighted by Gasteiger charge is 2.06. The van der Waals surface area contributed by atoms with Crippen LogP contribution in [0.4, 0.5) is 5.69 Å². The van der Waals surface area contributed by atoms with Crippen molar-refractivity contribution in [1.82, 2.24) is 0 Å². The van der Waals surface area contributed by atoms with E-state index < -0.39 is 0 Å². The Bertz CT molecular complexity index is 559. The van der Waals surface area contributed by atoms with Gasteiger partial charge in [-0.25, -0.2) is 0 Å². The first-order chi connectivity index (χ1) is 9.69. The Labute approximate surface area is 119 Å². The van der Waals surface area contributed by atoms with Gasteiger partial charge in [0.25, 0.3) is 5.91 Å². The molecule has 0 aliphatic heterocycles. The van der Waals surface area contributed by atoms with Crippen LogP contribution in [0.2, 0.25) is 0 Å². The number of hydrogen-bond donors (Lipinski definition) is 1. The maximum absolute atomic E-state index is 12.1. The topological polar surface area (TPSA) is 38.3 Å². The molecule has 1 N–H and O–H groups in total. The van der Waals surface area contributed by atoms with E-state index in [-0.39, 0.29) is 5.91 Å². The Balaban J connectivity index is 2.00. The average Bonchev–Trinajstić information content (AvgIpc) is 2.48. The zero-order valence-electron chi connectivity index (χ0n) is 11.8. The normalized spacial score (nSPS) is 10.1. The molecule has 0 radical (unpaired) electrons. The third kappa shape index (κ3) is 3.85. The second-order valence-corrected chi connectivity index (χ2v) is 4.69. The molecule has 0 bridgehead atoms. The quantitative estimate of drug-likeness (QED) is 0.889. The number of ether oxygens (including phenoxy) is 1. The second-order valence-electron chi connectivity index (χ2n) is 4.69. The lowest BCUT2D eigenvalue weighted by Crippen LogP contribution is -2.11. The number of amides is 1. The zero-order valence-corrected chi connectivity index (χ0v) is 11.8. The molecule has 1 amide bonds. The van der Waals surface area contributed by atoms with Gasteiger partial charge in [-0.3, -0.25) is 4.79 Å². The molecule has 0 saturated heterocycles. The van der Waals surface area contributed by atoms with Crippen molar-refractivity contribution in [3.8, 4) is 5.75 Å². The van der Waals surface area contributed by atoms with Crippen molar-refractivity contribution >= 4 is 11.6 Å². The van der Waals surface area contributed by atoms with Gasteiger partial charge in [-0.2, -0.15) is 0 Å². The minimum Gasteiger partial charge on any atom is -0.494 e. The minimum absolute atomic E-state index is 0.115. The van der Waals surface area contributed by atoms with Crippen LogP contribution in [0.3, 0.4) is 0 Å². The largest absolute Gasteiger partial charge is 0.494 e. The summed E-state index contributed by atoms with van der Waals surface area (Å²) in [5, 5.41) is 2.87. The summed E-state index contributed by atoms with van der Waals surface area (Å²) in [5.74, 6) is 0.676. The molecule has 104 valence electrons. The fourth-order valence-corrected chi connectivity index (χ4v) is 1.76.